The fourth-order valence-electron chi connectivity index (χ4n) is 3.87. The number of H-pyrrole nitrogens is 1. The van der Waals surface area contributed by atoms with Crippen molar-refractivity contribution in [1.29, 1.82) is 5.26 Å². The van der Waals surface area contributed by atoms with Gasteiger partial charge in [-0.05, 0) is 24.6 Å². The third-order valence-corrected chi connectivity index (χ3v) is 5.58. The van der Waals surface area contributed by atoms with E-state index in [0.29, 0.717) is 45.6 Å². The summed E-state index contributed by atoms with van der Waals surface area (Å²) in [7, 11) is 0. The zero-order chi connectivity index (χ0) is 22.9. The van der Waals surface area contributed by atoms with E-state index >= 15 is 0 Å². The third kappa shape index (κ3) is 3.48. The number of hydrogen-bond acceptors (Lipinski definition) is 7. The summed E-state index contributed by atoms with van der Waals surface area (Å²) < 4.78 is 2.95. The van der Waals surface area contributed by atoms with Crippen molar-refractivity contribution in [2.24, 2.45) is 0 Å². The molecular weight excluding hydrogens is 442 g/mol. The van der Waals surface area contributed by atoms with Crippen molar-refractivity contribution in [3.05, 3.63) is 75.9 Å². The number of hydrogen-bond donors (Lipinski definition) is 1. The number of aromatic nitrogens is 7. The van der Waals surface area contributed by atoms with Crippen molar-refractivity contribution < 1.29 is 0 Å². The van der Waals surface area contributed by atoms with Crippen LogP contribution < -0.4 is 10.5 Å². The van der Waals surface area contributed by atoms with Gasteiger partial charge in [0, 0.05) is 25.1 Å². The normalized spacial score (nSPS) is 11.2. The van der Waals surface area contributed by atoms with Crippen molar-refractivity contribution in [2.45, 2.75) is 19.9 Å². The quantitative estimate of drug-likeness (QED) is 0.414. The summed E-state index contributed by atoms with van der Waals surface area (Å²) in [5.41, 5.74) is 0.970. The number of nitrogens with one attached hydrogen (secondary N) is 1. The van der Waals surface area contributed by atoms with Crippen LogP contribution in [0.1, 0.15) is 24.7 Å². The second-order valence-corrected chi connectivity index (χ2v) is 7.77. The Labute approximate surface area is 192 Å². The molecule has 5 aromatic heterocycles. The average Bonchev–Trinajstić information content (AvgIpc) is 3.42. The minimum atomic E-state index is -0.322. The van der Waals surface area contributed by atoms with Gasteiger partial charge in [0.05, 0.1) is 22.5 Å². The fourth-order valence-corrected chi connectivity index (χ4v) is 4.10. The van der Waals surface area contributed by atoms with Crippen molar-refractivity contribution in [3.63, 3.8) is 0 Å². The van der Waals surface area contributed by atoms with Crippen molar-refractivity contribution in [2.75, 3.05) is 11.4 Å². The maximum absolute atomic E-state index is 13.5. The van der Waals surface area contributed by atoms with Crippen LogP contribution in [0.3, 0.4) is 0 Å². The maximum atomic E-state index is 13.5. The number of halogens is 1. The van der Waals surface area contributed by atoms with Gasteiger partial charge < -0.3 is 9.88 Å². The minimum absolute atomic E-state index is 0.244. The third-order valence-electron chi connectivity index (χ3n) is 5.28. The van der Waals surface area contributed by atoms with Gasteiger partial charge in [0.2, 0.25) is 0 Å². The first-order valence-corrected chi connectivity index (χ1v) is 10.7. The number of nitriles is 1. The number of nitrogens with zero attached hydrogens (tertiary/aromatic N) is 8. The molecule has 11 heteroatoms. The molecule has 0 radical (unpaired) electrons. The van der Waals surface area contributed by atoms with Crippen LogP contribution in [-0.4, -0.2) is 40.7 Å². The second-order valence-electron chi connectivity index (χ2n) is 7.36. The lowest BCUT2D eigenvalue weighted by Gasteiger charge is -2.24. The molecule has 0 aliphatic rings. The Morgan fingerprint density at radius 1 is 1.24 bits per heavy atom. The summed E-state index contributed by atoms with van der Waals surface area (Å²) in [6.07, 6.45) is 7.14. The highest BCUT2D eigenvalue weighted by Gasteiger charge is 2.22. The van der Waals surface area contributed by atoms with Gasteiger partial charge in [0.15, 0.2) is 5.82 Å². The van der Waals surface area contributed by atoms with Crippen LogP contribution in [0.5, 0.6) is 0 Å². The van der Waals surface area contributed by atoms with E-state index in [-0.39, 0.29) is 17.6 Å². The molecule has 33 heavy (non-hydrogen) atoms. The molecular formula is C22H18ClN9O. The van der Waals surface area contributed by atoms with E-state index in [4.69, 9.17) is 11.6 Å². The van der Waals surface area contributed by atoms with E-state index in [1.54, 1.807) is 42.9 Å². The Hall–Kier alpha value is -4.23. The summed E-state index contributed by atoms with van der Waals surface area (Å²) in [4.78, 5) is 31.5. The Morgan fingerprint density at radius 3 is 2.88 bits per heavy atom. The molecule has 1 N–H and O–H groups in total. The minimum Gasteiger partial charge on any atom is -0.348 e. The number of rotatable bonds is 6. The molecule has 5 rings (SSSR count). The van der Waals surface area contributed by atoms with Crippen LogP contribution in [0.15, 0.2) is 54.0 Å². The molecule has 0 aromatic carbocycles. The molecule has 0 aliphatic carbocycles. The number of aromatic amines is 1. The first-order valence-electron chi connectivity index (χ1n) is 10.3. The monoisotopic (exact) mass is 459 g/mol. The Bertz CT molecular complexity index is 1560. The van der Waals surface area contributed by atoms with Gasteiger partial charge in [0.25, 0.3) is 5.56 Å². The van der Waals surface area contributed by atoms with E-state index in [1.165, 1.54) is 15.4 Å². The molecule has 0 saturated carbocycles. The first-order chi connectivity index (χ1) is 16.1. The van der Waals surface area contributed by atoms with E-state index in [1.807, 2.05) is 11.8 Å². The van der Waals surface area contributed by atoms with E-state index in [9.17, 15) is 10.1 Å². The van der Waals surface area contributed by atoms with Crippen LogP contribution in [0.4, 0.5) is 5.82 Å². The second kappa shape index (κ2) is 8.37. The number of anilines is 1. The van der Waals surface area contributed by atoms with Crippen LogP contribution in [0.25, 0.3) is 22.4 Å². The molecule has 0 saturated heterocycles. The van der Waals surface area contributed by atoms with Crippen molar-refractivity contribution in [3.8, 4) is 11.9 Å². The predicted molar refractivity (Wildman–Crippen MR) is 124 cm³/mol. The molecule has 0 bridgehead atoms. The van der Waals surface area contributed by atoms with Crippen LogP contribution >= 0.6 is 11.6 Å². The summed E-state index contributed by atoms with van der Waals surface area (Å²) in [6, 6.07) is 9.15. The summed E-state index contributed by atoms with van der Waals surface area (Å²) in [5, 5.41) is 15.2. The molecule has 164 valence electrons. The summed E-state index contributed by atoms with van der Waals surface area (Å²) in [5.74, 6) is 1.48. The van der Waals surface area contributed by atoms with E-state index in [0.717, 1.165) is 6.42 Å². The first kappa shape index (κ1) is 20.7. The van der Waals surface area contributed by atoms with Crippen LogP contribution in [0.2, 0.25) is 5.02 Å². The number of pyridine rings is 1. The molecule has 0 atom stereocenters. The van der Waals surface area contributed by atoms with Gasteiger partial charge >= 0.3 is 0 Å². The van der Waals surface area contributed by atoms with Crippen molar-refractivity contribution >= 4 is 34.0 Å². The van der Waals surface area contributed by atoms with Gasteiger partial charge in [-0.3, -0.25) is 4.79 Å². The van der Waals surface area contributed by atoms with Crippen LogP contribution in [-0.2, 0) is 6.54 Å². The van der Waals surface area contributed by atoms with Gasteiger partial charge in [-0.2, -0.15) is 10.4 Å². The summed E-state index contributed by atoms with van der Waals surface area (Å²) in [6.45, 7) is 2.90. The highest BCUT2D eigenvalue weighted by molar-refractivity contribution is 6.33. The maximum Gasteiger partial charge on any atom is 0.285 e. The zero-order valence-corrected chi connectivity index (χ0v) is 18.4. The predicted octanol–water partition coefficient (Wildman–Crippen LogP) is 3.09. The highest BCUT2D eigenvalue weighted by atomic mass is 35.5. The molecule has 0 unspecified atom stereocenters. The van der Waals surface area contributed by atoms with Gasteiger partial charge in [0.1, 0.15) is 35.2 Å². The Morgan fingerprint density at radius 2 is 2.12 bits per heavy atom. The van der Waals surface area contributed by atoms with Crippen LogP contribution in [0, 0.1) is 11.3 Å². The molecule has 0 aliphatic heterocycles. The number of fused-ring (bicyclic) bond motifs is 2. The van der Waals surface area contributed by atoms with Crippen molar-refractivity contribution in [1.82, 2.24) is 34.1 Å². The van der Waals surface area contributed by atoms with E-state index in [2.05, 4.69) is 31.1 Å². The molecule has 10 nitrogen and oxygen atoms in total. The lowest BCUT2D eigenvalue weighted by molar-refractivity contribution is 0.662. The standard InChI is InChI=1S/C22H18ClN9O/c1-2-8-30(21-18-14(10-24)11-26-20(18)27-13-28-21)12-17-29-31-9-6-15(23)19(31)22(33)32(17)16-5-3-4-7-25-16/h3-7,9,11,13H,2,8,12H2,1H3,(H,26,27,28). The lowest BCUT2D eigenvalue weighted by atomic mass is 10.2. The van der Waals surface area contributed by atoms with Gasteiger partial charge in [-0.1, -0.05) is 24.6 Å². The van der Waals surface area contributed by atoms with E-state index < -0.39 is 0 Å². The lowest BCUT2D eigenvalue weighted by Crippen LogP contribution is -2.33. The topological polar surface area (TPSA) is 121 Å². The molecule has 5 heterocycles. The summed E-state index contributed by atoms with van der Waals surface area (Å²) >= 11 is 6.27. The highest BCUT2D eigenvalue weighted by Crippen LogP contribution is 2.27. The molecule has 0 spiro atoms. The largest absolute Gasteiger partial charge is 0.348 e. The Kier molecular flexibility index (Phi) is 5.24. The Balaban J connectivity index is 1.72. The fraction of sp³-hybridized carbons (Fsp3) is 0.182. The molecule has 0 amide bonds. The SMILES string of the molecule is CCCN(Cc1nn2ccc(Cl)c2c(=O)n1-c1ccccn1)c1ncnc2[nH]cc(C#N)c12. The molecule has 0 fully saturated rings. The average molecular weight is 460 g/mol. The zero-order valence-electron chi connectivity index (χ0n) is 17.6. The smallest absolute Gasteiger partial charge is 0.285 e. The van der Waals surface area contributed by atoms with Gasteiger partial charge in [-0.15, -0.1) is 0 Å². The van der Waals surface area contributed by atoms with Gasteiger partial charge in [-0.25, -0.2) is 24.0 Å². The molecule has 5 aromatic rings.